The van der Waals surface area contributed by atoms with Gasteiger partial charge in [0.2, 0.25) is 0 Å². The first kappa shape index (κ1) is 14.4. The highest BCUT2D eigenvalue weighted by Gasteiger charge is 2.34. The van der Waals surface area contributed by atoms with Crippen molar-refractivity contribution in [2.75, 3.05) is 6.54 Å². The molecule has 0 aliphatic carbocycles. The molecule has 1 aromatic heterocycles. The minimum absolute atomic E-state index is 0.360. The molecule has 1 atom stereocenters. The monoisotopic (exact) mass is 280 g/mol. The van der Waals surface area contributed by atoms with Gasteiger partial charge in [-0.25, -0.2) is 14.6 Å². The fourth-order valence-corrected chi connectivity index (χ4v) is 2.21. The Bertz CT molecular complexity index is 518. The van der Waals surface area contributed by atoms with Crippen LogP contribution >= 0.6 is 0 Å². The Morgan fingerprint density at radius 2 is 2.10 bits per heavy atom. The normalized spacial score (nSPS) is 16.4. The molecule has 0 radical (unpaired) electrons. The van der Waals surface area contributed by atoms with Crippen LogP contribution in [0.1, 0.15) is 26.6 Å². The van der Waals surface area contributed by atoms with Crippen LogP contribution in [0.4, 0.5) is 4.79 Å². The molecule has 20 heavy (non-hydrogen) atoms. The minimum atomic E-state index is -1.02. The van der Waals surface area contributed by atoms with E-state index in [0.717, 1.165) is 5.82 Å². The largest absolute Gasteiger partial charge is 0.480 e. The number of aliphatic carboxylic acids is 1. The number of hydrogen-bond donors (Lipinski definition) is 2. The van der Waals surface area contributed by atoms with E-state index in [0.29, 0.717) is 19.6 Å². The Kier molecular flexibility index (Phi) is 3.69. The Morgan fingerprint density at radius 3 is 2.70 bits per heavy atom. The van der Waals surface area contributed by atoms with Gasteiger partial charge in [0.25, 0.3) is 0 Å². The highest BCUT2D eigenvalue weighted by molar-refractivity contribution is 5.83. The predicted molar refractivity (Wildman–Crippen MR) is 72.0 cm³/mol. The van der Waals surface area contributed by atoms with E-state index in [9.17, 15) is 14.7 Å². The number of fused-ring (bicyclic) bond motifs is 1. The lowest BCUT2D eigenvalue weighted by Crippen LogP contribution is -2.54. The van der Waals surface area contributed by atoms with Gasteiger partial charge in [-0.15, -0.1) is 0 Å². The fourth-order valence-electron chi connectivity index (χ4n) is 2.21. The number of urea groups is 1. The molecular formula is C13H20N4O3. The molecule has 0 aromatic carbocycles. The maximum Gasteiger partial charge on any atom is 0.326 e. The Hall–Kier alpha value is -2.05. The van der Waals surface area contributed by atoms with Crippen molar-refractivity contribution in [2.24, 2.45) is 5.41 Å². The van der Waals surface area contributed by atoms with Crippen molar-refractivity contribution in [1.29, 1.82) is 0 Å². The van der Waals surface area contributed by atoms with E-state index < -0.39 is 17.4 Å². The highest BCUT2D eigenvalue weighted by Crippen LogP contribution is 2.20. The van der Waals surface area contributed by atoms with Gasteiger partial charge in [0.15, 0.2) is 0 Å². The van der Waals surface area contributed by atoms with E-state index >= 15 is 0 Å². The molecule has 7 heteroatoms. The predicted octanol–water partition coefficient (Wildman–Crippen LogP) is 0.908. The second-order valence-corrected chi connectivity index (χ2v) is 6.05. The summed E-state index contributed by atoms with van der Waals surface area (Å²) in [6, 6.07) is -1.28. The third-order valence-corrected chi connectivity index (χ3v) is 3.41. The lowest BCUT2D eigenvalue weighted by molar-refractivity contribution is -0.142. The molecule has 1 aliphatic heterocycles. The molecule has 0 unspecified atom stereocenters. The van der Waals surface area contributed by atoms with Gasteiger partial charge in [0, 0.05) is 25.5 Å². The quantitative estimate of drug-likeness (QED) is 0.843. The van der Waals surface area contributed by atoms with E-state index in [-0.39, 0.29) is 6.03 Å². The first-order valence-corrected chi connectivity index (χ1v) is 6.57. The van der Waals surface area contributed by atoms with Crippen LogP contribution in [-0.4, -0.2) is 44.1 Å². The van der Waals surface area contributed by atoms with E-state index in [2.05, 4.69) is 10.3 Å². The van der Waals surface area contributed by atoms with Gasteiger partial charge in [-0.2, -0.15) is 0 Å². The van der Waals surface area contributed by atoms with Crippen LogP contribution in [0.25, 0.3) is 0 Å². The number of hydrogen-bond acceptors (Lipinski definition) is 3. The van der Waals surface area contributed by atoms with Crippen LogP contribution in [0.3, 0.4) is 0 Å². The number of carboxylic acid groups (broad SMARTS) is 1. The molecule has 0 bridgehead atoms. The number of nitrogens with one attached hydrogen (secondary N) is 1. The second kappa shape index (κ2) is 5.15. The van der Waals surface area contributed by atoms with Gasteiger partial charge in [0.1, 0.15) is 11.9 Å². The van der Waals surface area contributed by atoms with Crippen LogP contribution < -0.4 is 5.32 Å². The van der Waals surface area contributed by atoms with Crippen molar-refractivity contribution in [3.8, 4) is 0 Å². The maximum atomic E-state index is 12.2. The van der Waals surface area contributed by atoms with Crippen LogP contribution in [0.5, 0.6) is 0 Å². The molecule has 2 rings (SSSR count). The van der Waals surface area contributed by atoms with E-state index in [1.54, 1.807) is 31.9 Å². The summed E-state index contributed by atoms with van der Waals surface area (Å²) in [5.74, 6) is -0.210. The van der Waals surface area contributed by atoms with Crippen molar-refractivity contribution in [1.82, 2.24) is 19.8 Å². The summed E-state index contributed by atoms with van der Waals surface area (Å²) in [6.45, 7) is 6.98. The van der Waals surface area contributed by atoms with E-state index in [1.807, 2.05) is 10.8 Å². The zero-order valence-electron chi connectivity index (χ0n) is 12.0. The van der Waals surface area contributed by atoms with Crippen molar-refractivity contribution in [3.63, 3.8) is 0 Å². The molecule has 110 valence electrons. The number of carboxylic acids is 1. The summed E-state index contributed by atoms with van der Waals surface area (Å²) in [6.07, 6.45) is 3.58. The first-order valence-electron chi connectivity index (χ1n) is 6.57. The third kappa shape index (κ3) is 2.92. The Balaban J connectivity index is 2.04. The maximum absolute atomic E-state index is 12.2. The van der Waals surface area contributed by atoms with Crippen molar-refractivity contribution >= 4 is 12.0 Å². The summed E-state index contributed by atoms with van der Waals surface area (Å²) in [5.41, 5.74) is -0.546. The number of imidazole rings is 1. The summed E-state index contributed by atoms with van der Waals surface area (Å²) in [5, 5.41) is 11.8. The summed E-state index contributed by atoms with van der Waals surface area (Å²) in [7, 11) is 0. The van der Waals surface area contributed by atoms with E-state index in [4.69, 9.17) is 0 Å². The average molecular weight is 280 g/mol. The highest BCUT2D eigenvalue weighted by atomic mass is 16.4. The van der Waals surface area contributed by atoms with Crippen LogP contribution in [-0.2, 0) is 17.9 Å². The van der Waals surface area contributed by atoms with Crippen molar-refractivity contribution in [2.45, 2.75) is 39.9 Å². The molecule has 2 heterocycles. The molecule has 1 aliphatic rings. The van der Waals surface area contributed by atoms with Gasteiger partial charge >= 0.3 is 12.0 Å². The molecule has 0 saturated heterocycles. The zero-order chi connectivity index (χ0) is 14.9. The Morgan fingerprint density at radius 1 is 1.40 bits per heavy atom. The number of carbonyl (C=O) groups excluding carboxylic acids is 1. The van der Waals surface area contributed by atoms with E-state index in [1.165, 1.54) is 0 Å². The minimum Gasteiger partial charge on any atom is -0.480 e. The molecule has 1 aromatic rings. The van der Waals surface area contributed by atoms with Gasteiger partial charge in [-0.3, -0.25) is 0 Å². The van der Waals surface area contributed by atoms with Gasteiger partial charge in [-0.1, -0.05) is 20.8 Å². The summed E-state index contributed by atoms with van der Waals surface area (Å²) >= 11 is 0. The molecule has 0 fully saturated rings. The zero-order valence-corrected chi connectivity index (χ0v) is 12.0. The molecule has 7 nitrogen and oxygen atoms in total. The van der Waals surface area contributed by atoms with Crippen molar-refractivity contribution in [3.05, 3.63) is 18.2 Å². The number of amides is 2. The van der Waals surface area contributed by atoms with Gasteiger partial charge < -0.3 is 19.9 Å². The first-order chi connectivity index (χ1) is 9.29. The molecule has 2 N–H and O–H groups in total. The smallest absolute Gasteiger partial charge is 0.326 e. The van der Waals surface area contributed by atoms with Crippen LogP contribution in [0.2, 0.25) is 0 Å². The second-order valence-electron chi connectivity index (χ2n) is 6.05. The molecule has 2 amide bonds. The molecular weight excluding hydrogens is 260 g/mol. The Labute approximate surface area is 117 Å². The topological polar surface area (TPSA) is 87.5 Å². The van der Waals surface area contributed by atoms with Crippen molar-refractivity contribution < 1.29 is 14.7 Å². The van der Waals surface area contributed by atoms with Crippen LogP contribution in [0.15, 0.2) is 12.4 Å². The summed E-state index contributed by atoms with van der Waals surface area (Å²) in [4.78, 5) is 29.2. The third-order valence-electron chi connectivity index (χ3n) is 3.41. The summed E-state index contributed by atoms with van der Waals surface area (Å²) < 4.78 is 1.99. The van der Waals surface area contributed by atoms with Gasteiger partial charge in [-0.05, 0) is 5.41 Å². The lowest BCUT2D eigenvalue weighted by Gasteiger charge is -2.32. The van der Waals surface area contributed by atoms with Crippen LogP contribution in [0, 0.1) is 5.41 Å². The molecule has 0 saturated carbocycles. The van der Waals surface area contributed by atoms with Gasteiger partial charge in [0.05, 0.1) is 6.54 Å². The fraction of sp³-hybridized carbons (Fsp3) is 0.615. The standard InChI is InChI=1S/C13H20N4O3/c1-13(2,3)10(11(18)19)15-12(20)17-7-6-16-5-4-14-9(16)8-17/h4-5,10H,6-8H2,1-3H3,(H,15,20)(H,18,19)/t10-/m0/s1. The number of rotatable bonds is 2. The molecule has 0 spiro atoms. The lowest BCUT2D eigenvalue weighted by atomic mass is 9.87. The number of nitrogens with zero attached hydrogens (tertiary/aromatic N) is 3. The average Bonchev–Trinajstić information content (AvgIpc) is 2.80. The number of aromatic nitrogens is 2. The number of carbonyl (C=O) groups is 2. The SMILES string of the molecule is CC(C)(C)[C@@H](NC(=O)N1CCn2ccnc2C1)C(=O)O.